The first-order chi connectivity index (χ1) is 15.0. The third kappa shape index (κ3) is 12.8. The summed E-state index contributed by atoms with van der Waals surface area (Å²) in [7, 11) is 0. The number of hydrogen-bond acceptors (Lipinski definition) is 5. The van der Waals surface area contributed by atoms with Gasteiger partial charge in [-0.25, -0.2) is 0 Å². The molecular weight excluding hydrogens is 394 g/mol. The van der Waals surface area contributed by atoms with Crippen LogP contribution in [0.4, 0.5) is 0 Å². The first-order valence-electron chi connectivity index (χ1n) is 11.0. The van der Waals surface area contributed by atoms with E-state index in [1.807, 2.05) is 56.3 Å². The molecular formula is C25H37NO5. The number of amides is 1. The highest BCUT2D eigenvalue weighted by molar-refractivity contribution is 5.76. The molecule has 0 aliphatic carbocycles. The number of aryl methyl sites for hydroxylation is 1. The Labute approximate surface area is 186 Å². The van der Waals surface area contributed by atoms with Crippen molar-refractivity contribution in [2.75, 3.05) is 26.4 Å². The van der Waals surface area contributed by atoms with Gasteiger partial charge in [0.15, 0.2) is 0 Å². The quantitative estimate of drug-likeness (QED) is 0.423. The largest absolute Gasteiger partial charge is 0.508 e. The molecule has 0 saturated carbocycles. The summed E-state index contributed by atoms with van der Waals surface area (Å²) >= 11 is 0. The predicted molar refractivity (Wildman–Crippen MR) is 123 cm³/mol. The molecule has 0 aliphatic heterocycles. The molecule has 3 N–H and O–H groups in total. The van der Waals surface area contributed by atoms with E-state index in [2.05, 4.69) is 5.32 Å². The van der Waals surface area contributed by atoms with Gasteiger partial charge in [-0.2, -0.15) is 0 Å². The SMILES string of the molecule is CC.C[C@@H](O)COCCOC[C@H](Cc1ccc(O)cc1)NC(=O)CCc1ccccc1. The molecule has 31 heavy (non-hydrogen) atoms. The monoisotopic (exact) mass is 431 g/mol. The van der Waals surface area contributed by atoms with Gasteiger partial charge in [0.25, 0.3) is 0 Å². The molecule has 0 heterocycles. The fraction of sp³-hybridized carbons (Fsp3) is 0.480. The minimum atomic E-state index is -0.499. The minimum Gasteiger partial charge on any atom is -0.508 e. The van der Waals surface area contributed by atoms with Gasteiger partial charge < -0.3 is 25.0 Å². The standard InChI is InChI=1S/C23H31NO5.C2H6/c1-18(25)16-28-13-14-29-17-21(15-20-7-10-22(26)11-8-20)24-23(27)12-9-19-5-3-2-4-6-19;1-2/h2-8,10-11,18,21,25-26H,9,12-17H2,1H3,(H,24,27);1-2H3/t18-,21+;/m1./s1. The van der Waals surface area contributed by atoms with Crippen LogP contribution < -0.4 is 5.32 Å². The first-order valence-corrected chi connectivity index (χ1v) is 11.0. The molecule has 0 saturated heterocycles. The number of ether oxygens (including phenoxy) is 2. The van der Waals surface area contributed by atoms with Crippen molar-refractivity contribution in [1.82, 2.24) is 5.32 Å². The lowest BCUT2D eigenvalue weighted by Gasteiger charge is -2.19. The van der Waals surface area contributed by atoms with Crippen LogP contribution >= 0.6 is 0 Å². The number of benzene rings is 2. The summed E-state index contributed by atoms with van der Waals surface area (Å²) < 4.78 is 11.0. The smallest absolute Gasteiger partial charge is 0.220 e. The molecule has 1 amide bonds. The van der Waals surface area contributed by atoms with Gasteiger partial charge in [-0.05, 0) is 43.0 Å². The van der Waals surface area contributed by atoms with Crippen LogP contribution in [0.5, 0.6) is 5.75 Å². The normalized spacial score (nSPS) is 12.4. The van der Waals surface area contributed by atoms with Crippen LogP contribution in [0.15, 0.2) is 54.6 Å². The molecule has 172 valence electrons. The van der Waals surface area contributed by atoms with Crippen molar-refractivity contribution in [2.45, 2.75) is 52.2 Å². The van der Waals surface area contributed by atoms with Crippen LogP contribution in [0.2, 0.25) is 0 Å². The predicted octanol–water partition coefficient (Wildman–Crippen LogP) is 3.49. The van der Waals surface area contributed by atoms with E-state index in [4.69, 9.17) is 9.47 Å². The Bertz CT molecular complexity index is 704. The Morgan fingerprint density at radius 3 is 2.16 bits per heavy atom. The number of aliphatic hydroxyl groups is 1. The van der Waals surface area contributed by atoms with Crippen molar-refractivity contribution in [2.24, 2.45) is 0 Å². The third-order valence-corrected chi connectivity index (χ3v) is 4.32. The maximum atomic E-state index is 12.4. The number of rotatable bonds is 13. The van der Waals surface area contributed by atoms with Crippen LogP contribution in [-0.2, 0) is 27.1 Å². The van der Waals surface area contributed by atoms with Crippen LogP contribution in [0.3, 0.4) is 0 Å². The zero-order valence-corrected chi connectivity index (χ0v) is 18.9. The molecule has 0 fully saturated rings. The molecule has 0 aliphatic rings. The Morgan fingerprint density at radius 2 is 1.55 bits per heavy atom. The van der Waals surface area contributed by atoms with Gasteiger partial charge in [-0.3, -0.25) is 4.79 Å². The maximum absolute atomic E-state index is 12.4. The zero-order chi connectivity index (χ0) is 22.9. The van der Waals surface area contributed by atoms with E-state index in [0.717, 1.165) is 11.1 Å². The van der Waals surface area contributed by atoms with Crippen LogP contribution in [0.25, 0.3) is 0 Å². The summed E-state index contributed by atoms with van der Waals surface area (Å²) in [5.41, 5.74) is 2.13. The van der Waals surface area contributed by atoms with E-state index in [-0.39, 0.29) is 24.3 Å². The molecule has 2 aromatic carbocycles. The molecule has 0 radical (unpaired) electrons. The van der Waals surface area contributed by atoms with E-state index in [0.29, 0.717) is 39.1 Å². The molecule has 6 nitrogen and oxygen atoms in total. The molecule has 2 rings (SSSR count). The summed E-state index contributed by atoms with van der Waals surface area (Å²) in [4.78, 5) is 12.4. The molecule has 0 spiro atoms. The molecule has 0 aromatic heterocycles. The van der Waals surface area contributed by atoms with Gasteiger partial charge in [0.1, 0.15) is 5.75 Å². The zero-order valence-electron chi connectivity index (χ0n) is 18.9. The number of nitrogens with one attached hydrogen (secondary N) is 1. The van der Waals surface area contributed by atoms with Crippen LogP contribution in [0, 0.1) is 0 Å². The third-order valence-electron chi connectivity index (χ3n) is 4.32. The van der Waals surface area contributed by atoms with Crippen molar-refractivity contribution in [3.05, 3.63) is 65.7 Å². The van der Waals surface area contributed by atoms with Gasteiger partial charge >= 0.3 is 0 Å². The number of carbonyl (C=O) groups is 1. The Morgan fingerprint density at radius 1 is 0.935 bits per heavy atom. The second kappa shape index (κ2) is 16.3. The number of hydrogen-bond donors (Lipinski definition) is 3. The second-order valence-electron chi connectivity index (χ2n) is 7.12. The molecule has 0 bridgehead atoms. The summed E-state index contributed by atoms with van der Waals surface area (Å²) in [6.07, 6.45) is 1.20. The van der Waals surface area contributed by atoms with E-state index >= 15 is 0 Å². The van der Waals surface area contributed by atoms with Crippen molar-refractivity contribution in [3.63, 3.8) is 0 Å². The van der Waals surface area contributed by atoms with Gasteiger partial charge in [0.2, 0.25) is 5.91 Å². The Balaban J connectivity index is 0.00000233. The summed E-state index contributed by atoms with van der Waals surface area (Å²) in [6, 6.07) is 16.7. The number of phenols is 1. The topological polar surface area (TPSA) is 88.0 Å². The maximum Gasteiger partial charge on any atom is 0.220 e. The lowest BCUT2D eigenvalue weighted by atomic mass is 10.1. The molecule has 0 unspecified atom stereocenters. The van der Waals surface area contributed by atoms with E-state index in [1.165, 1.54) is 0 Å². The highest BCUT2D eigenvalue weighted by Gasteiger charge is 2.14. The van der Waals surface area contributed by atoms with Crippen molar-refractivity contribution in [3.8, 4) is 5.75 Å². The van der Waals surface area contributed by atoms with Gasteiger partial charge in [0, 0.05) is 6.42 Å². The summed E-state index contributed by atoms with van der Waals surface area (Å²) in [5, 5.41) is 21.7. The number of carbonyl (C=O) groups excluding carboxylic acids is 1. The minimum absolute atomic E-state index is 0.0217. The first kappa shape index (κ1) is 26.6. The van der Waals surface area contributed by atoms with Crippen LogP contribution in [-0.4, -0.2) is 54.7 Å². The highest BCUT2D eigenvalue weighted by atomic mass is 16.5. The highest BCUT2D eigenvalue weighted by Crippen LogP contribution is 2.12. The Kier molecular flexibility index (Phi) is 14.0. The van der Waals surface area contributed by atoms with Crippen molar-refractivity contribution in [1.29, 1.82) is 0 Å². The van der Waals surface area contributed by atoms with Crippen molar-refractivity contribution >= 4 is 5.91 Å². The average molecular weight is 432 g/mol. The lowest BCUT2D eigenvalue weighted by Crippen LogP contribution is -2.40. The number of phenolic OH excluding ortho intramolecular Hbond substituents is 1. The fourth-order valence-corrected chi connectivity index (χ4v) is 2.87. The summed E-state index contributed by atoms with van der Waals surface area (Å²) in [6.45, 7) is 7.07. The summed E-state index contributed by atoms with van der Waals surface area (Å²) in [5.74, 6) is 0.190. The number of aromatic hydroxyl groups is 1. The lowest BCUT2D eigenvalue weighted by molar-refractivity contribution is -0.122. The van der Waals surface area contributed by atoms with Gasteiger partial charge in [0.05, 0.1) is 38.6 Å². The van der Waals surface area contributed by atoms with Gasteiger partial charge in [-0.15, -0.1) is 0 Å². The fourth-order valence-electron chi connectivity index (χ4n) is 2.87. The van der Waals surface area contributed by atoms with E-state index < -0.39 is 6.10 Å². The molecule has 2 aromatic rings. The van der Waals surface area contributed by atoms with Crippen LogP contribution in [0.1, 0.15) is 38.3 Å². The molecule has 6 heteroatoms. The van der Waals surface area contributed by atoms with Gasteiger partial charge in [-0.1, -0.05) is 56.3 Å². The average Bonchev–Trinajstić information content (AvgIpc) is 2.78. The van der Waals surface area contributed by atoms with Crippen molar-refractivity contribution < 1.29 is 24.5 Å². The van der Waals surface area contributed by atoms with E-state index in [9.17, 15) is 15.0 Å². The second-order valence-corrected chi connectivity index (χ2v) is 7.12. The number of aliphatic hydroxyl groups excluding tert-OH is 1. The van der Waals surface area contributed by atoms with E-state index in [1.54, 1.807) is 19.1 Å². The Hall–Kier alpha value is -2.41. The molecule has 2 atom stereocenters.